The molecule has 236 valence electrons. The largest absolute Gasteiger partial charge is 0.300 e. The number of likely N-dealkylation sites (N-methyl/N-ethyl adjacent to an activating group) is 1. The summed E-state index contributed by atoms with van der Waals surface area (Å²) in [6, 6.07) is 0. The highest BCUT2D eigenvalue weighted by molar-refractivity contribution is 5.85. The van der Waals surface area contributed by atoms with E-state index in [0.29, 0.717) is 0 Å². The first-order chi connectivity index (χ1) is 18.6. The van der Waals surface area contributed by atoms with E-state index >= 15 is 0 Å². The van der Waals surface area contributed by atoms with Crippen LogP contribution in [0.1, 0.15) is 206 Å². The van der Waals surface area contributed by atoms with Crippen LogP contribution in [0, 0.1) is 0 Å². The molecule has 2 heteroatoms. The number of hydrogen-bond acceptors (Lipinski definition) is 1. The van der Waals surface area contributed by atoms with Gasteiger partial charge in [0.25, 0.3) is 0 Å². The van der Waals surface area contributed by atoms with Gasteiger partial charge in [-0.25, -0.2) is 0 Å². The zero-order chi connectivity index (χ0) is 28.0. The van der Waals surface area contributed by atoms with Crippen molar-refractivity contribution in [3.05, 3.63) is 12.7 Å². The predicted molar refractivity (Wildman–Crippen MR) is 184 cm³/mol. The van der Waals surface area contributed by atoms with E-state index in [1.54, 1.807) is 0 Å². The number of rotatable bonds is 32. The van der Waals surface area contributed by atoms with Gasteiger partial charge >= 0.3 is 0 Å². The van der Waals surface area contributed by atoms with E-state index < -0.39 is 0 Å². The molecule has 1 nitrogen and oxygen atoms in total. The van der Waals surface area contributed by atoms with Crippen molar-refractivity contribution in [2.24, 2.45) is 0 Å². The smallest absolute Gasteiger partial charge is 0.0382 e. The Balaban J connectivity index is 0. The highest BCUT2D eigenvalue weighted by atomic mass is 35.5. The molecule has 0 heterocycles. The summed E-state index contributed by atoms with van der Waals surface area (Å²) < 4.78 is 0. The molecule has 39 heavy (non-hydrogen) atoms. The maximum absolute atomic E-state index is 4.28. The van der Waals surface area contributed by atoms with Crippen molar-refractivity contribution < 1.29 is 0 Å². The molecule has 0 saturated heterocycles. The van der Waals surface area contributed by atoms with Gasteiger partial charge < -0.3 is 4.90 Å². The fourth-order valence-electron chi connectivity index (χ4n) is 6.21. The average Bonchev–Trinajstić information content (AvgIpc) is 2.92. The Morgan fingerprint density at radius 1 is 0.410 bits per heavy atom. The van der Waals surface area contributed by atoms with Gasteiger partial charge in [-0.15, -0.1) is 19.0 Å². The molecule has 0 aliphatic carbocycles. The third-order valence-electron chi connectivity index (χ3n) is 9.20. The number of hydrogen-bond donors (Lipinski definition) is 0. The lowest BCUT2D eigenvalue weighted by Gasteiger charge is -2.38. The van der Waals surface area contributed by atoms with Crippen LogP contribution in [0.25, 0.3) is 0 Å². The molecule has 0 rings (SSSR count). The van der Waals surface area contributed by atoms with Gasteiger partial charge in [0.05, 0.1) is 0 Å². The summed E-state index contributed by atoms with van der Waals surface area (Å²) >= 11 is 0. The highest BCUT2D eigenvalue weighted by Gasteiger charge is 2.27. The SMILES string of the molecule is C=CC(CCCCCCCCCCCCCCCC)(CCCCCCCCCCCCCCCC)N(C)C.Cl. The number of nitrogens with zero attached hydrogens (tertiary/aromatic N) is 1. The monoisotopic (exact) mass is 570 g/mol. The first kappa shape index (κ1) is 41.1. The molecular formula is C37H76ClN. The van der Waals surface area contributed by atoms with Crippen molar-refractivity contribution in [2.75, 3.05) is 14.1 Å². The summed E-state index contributed by atoms with van der Waals surface area (Å²) in [5.41, 5.74) is 0.217. The standard InChI is InChI=1S/C37H75N.ClH/c1-6-9-11-13-15-17-19-21-23-25-27-29-31-33-35-37(8-3,38(4)5)36-34-32-30-28-26-24-22-20-18-16-14-12-10-7-2;/h8H,3,6-7,9-36H2,1-2,4-5H3;1H. The van der Waals surface area contributed by atoms with Gasteiger partial charge in [0.2, 0.25) is 0 Å². The molecule has 0 spiro atoms. The van der Waals surface area contributed by atoms with Gasteiger partial charge in [0, 0.05) is 5.54 Å². The molecule has 0 aliphatic heterocycles. The molecule has 0 radical (unpaired) electrons. The third kappa shape index (κ3) is 26.6. The Kier molecular flexibility index (Phi) is 34.3. The van der Waals surface area contributed by atoms with Crippen LogP contribution in [0.2, 0.25) is 0 Å². The van der Waals surface area contributed by atoms with Crippen LogP contribution in [0.4, 0.5) is 0 Å². The molecule has 0 N–H and O–H groups in total. The zero-order valence-electron chi connectivity index (χ0n) is 27.9. The molecule has 0 fully saturated rings. The molecule has 0 unspecified atom stereocenters. The summed E-state index contributed by atoms with van der Waals surface area (Å²) in [5, 5.41) is 0. The van der Waals surface area contributed by atoms with E-state index in [9.17, 15) is 0 Å². The fourth-order valence-corrected chi connectivity index (χ4v) is 6.21. The van der Waals surface area contributed by atoms with Crippen LogP contribution >= 0.6 is 12.4 Å². The molecule has 0 aromatic heterocycles. The lowest BCUT2D eigenvalue weighted by molar-refractivity contribution is 0.171. The normalized spacial score (nSPS) is 11.7. The van der Waals surface area contributed by atoms with Crippen molar-refractivity contribution in [1.29, 1.82) is 0 Å². The van der Waals surface area contributed by atoms with Gasteiger partial charge in [-0.1, -0.05) is 200 Å². The minimum atomic E-state index is 0. The molecule has 0 aromatic rings. The van der Waals surface area contributed by atoms with E-state index in [1.807, 2.05) is 0 Å². The Morgan fingerprint density at radius 3 is 0.795 bits per heavy atom. The van der Waals surface area contributed by atoms with Crippen molar-refractivity contribution in [3.8, 4) is 0 Å². The van der Waals surface area contributed by atoms with E-state index in [0.717, 1.165) is 0 Å². The minimum absolute atomic E-state index is 0. The average molecular weight is 570 g/mol. The van der Waals surface area contributed by atoms with Crippen molar-refractivity contribution in [3.63, 3.8) is 0 Å². The van der Waals surface area contributed by atoms with Crippen LogP contribution in [0.15, 0.2) is 12.7 Å². The first-order valence-electron chi connectivity index (χ1n) is 17.9. The summed E-state index contributed by atoms with van der Waals surface area (Å²) in [5.74, 6) is 0. The van der Waals surface area contributed by atoms with Gasteiger partial charge in [-0.2, -0.15) is 0 Å². The summed E-state index contributed by atoms with van der Waals surface area (Å²) in [7, 11) is 4.55. The molecule has 0 bridgehead atoms. The second-order valence-electron chi connectivity index (χ2n) is 12.9. The molecule has 0 aromatic carbocycles. The second kappa shape index (κ2) is 32.5. The van der Waals surface area contributed by atoms with Gasteiger partial charge in [0.1, 0.15) is 0 Å². The molecule has 0 aliphatic rings. The Hall–Kier alpha value is -0.0100. The topological polar surface area (TPSA) is 3.24 Å². The van der Waals surface area contributed by atoms with Crippen LogP contribution in [0.5, 0.6) is 0 Å². The summed E-state index contributed by atoms with van der Waals surface area (Å²) in [6.07, 6.45) is 45.1. The first-order valence-corrected chi connectivity index (χ1v) is 17.9. The molecule has 0 amide bonds. The second-order valence-corrected chi connectivity index (χ2v) is 12.9. The molecular weight excluding hydrogens is 494 g/mol. The maximum Gasteiger partial charge on any atom is 0.0382 e. The lowest BCUT2D eigenvalue weighted by Crippen LogP contribution is -2.42. The van der Waals surface area contributed by atoms with Crippen LogP contribution in [0.3, 0.4) is 0 Å². The van der Waals surface area contributed by atoms with E-state index in [-0.39, 0.29) is 17.9 Å². The van der Waals surface area contributed by atoms with Crippen molar-refractivity contribution in [1.82, 2.24) is 4.90 Å². The van der Waals surface area contributed by atoms with E-state index in [1.165, 1.54) is 193 Å². The maximum atomic E-state index is 4.28. The highest BCUT2D eigenvalue weighted by Crippen LogP contribution is 2.29. The van der Waals surface area contributed by atoms with Gasteiger partial charge in [-0.3, -0.25) is 0 Å². The predicted octanol–water partition coefficient (Wildman–Crippen LogP) is 13.6. The quantitative estimate of drug-likeness (QED) is 0.0574. The molecule has 0 saturated carbocycles. The Bertz CT molecular complexity index is 428. The zero-order valence-corrected chi connectivity index (χ0v) is 28.7. The third-order valence-corrected chi connectivity index (χ3v) is 9.20. The van der Waals surface area contributed by atoms with E-state index in [2.05, 4.69) is 45.5 Å². The van der Waals surface area contributed by atoms with Crippen molar-refractivity contribution >= 4 is 12.4 Å². The van der Waals surface area contributed by atoms with Gasteiger partial charge in [-0.05, 0) is 26.9 Å². The van der Waals surface area contributed by atoms with Crippen molar-refractivity contribution in [2.45, 2.75) is 212 Å². The fraction of sp³-hybridized carbons (Fsp3) is 0.946. The summed E-state index contributed by atoms with van der Waals surface area (Å²) in [4.78, 5) is 2.46. The minimum Gasteiger partial charge on any atom is -0.300 e. The Labute approximate surface area is 255 Å². The summed E-state index contributed by atoms with van der Waals surface area (Å²) in [6.45, 7) is 8.89. The van der Waals surface area contributed by atoms with Crippen LogP contribution in [-0.4, -0.2) is 24.5 Å². The van der Waals surface area contributed by atoms with Crippen LogP contribution in [-0.2, 0) is 0 Å². The Morgan fingerprint density at radius 2 is 0.615 bits per heavy atom. The van der Waals surface area contributed by atoms with Gasteiger partial charge in [0.15, 0.2) is 0 Å². The lowest BCUT2D eigenvalue weighted by atomic mass is 9.85. The van der Waals surface area contributed by atoms with E-state index in [4.69, 9.17) is 0 Å². The number of unbranched alkanes of at least 4 members (excludes halogenated alkanes) is 26. The molecule has 0 atom stereocenters. The van der Waals surface area contributed by atoms with Crippen LogP contribution < -0.4 is 0 Å². The number of halogens is 1.